The number of aromatic nitrogens is 3. The molecule has 3 aromatic rings. The third kappa shape index (κ3) is 4.47. The predicted molar refractivity (Wildman–Crippen MR) is 84.4 cm³/mol. The largest absolute Gasteiger partial charge is 0.506 e. The van der Waals surface area contributed by atoms with E-state index in [1.54, 1.807) is 0 Å². The normalized spacial score (nSPS) is 10.9. The first-order valence-electron chi connectivity index (χ1n) is 7.17. The molecule has 0 bridgehead atoms. The lowest BCUT2D eigenvalue weighted by Crippen LogP contribution is -2.01. The highest BCUT2D eigenvalue weighted by Gasteiger charge is 2.10. The maximum Gasteiger partial charge on any atom is 0.331 e. The van der Waals surface area contributed by atoms with E-state index in [1.165, 1.54) is 54.9 Å². The molecule has 3 rings (SSSR count). The van der Waals surface area contributed by atoms with E-state index in [4.69, 9.17) is 9.26 Å². The molecule has 0 atom stereocenters. The molecule has 7 nitrogen and oxygen atoms in total. The Morgan fingerprint density at radius 3 is 2.84 bits per heavy atom. The number of halogens is 1. The molecule has 0 saturated carbocycles. The van der Waals surface area contributed by atoms with Crippen LogP contribution in [0.25, 0.3) is 17.5 Å². The number of nitrogens with zero attached hydrogens (tertiary/aromatic N) is 3. The van der Waals surface area contributed by atoms with Gasteiger partial charge in [-0.15, -0.1) is 0 Å². The Bertz CT molecular complexity index is 906. The van der Waals surface area contributed by atoms with Gasteiger partial charge in [-0.1, -0.05) is 5.16 Å². The molecule has 8 heteroatoms. The summed E-state index contributed by atoms with van der Waals surface area (Å²) in [6.07, 6.45) is 5.40. The summed E-state index contributed by atoms with van der Waals surface area (Å²) in [4.78, 5) is 19.5. The van der Waals surface area contributed by atoms with Gasteiger partial charge in [0, 0.05) is 17.8 Å². The third-order valence-electron chi connectivity index (χ3n) is 3.07. The summed E-state index contributed by atoms with van der Waals surface area (Å²) >= 11 is 0. The van der Waals surface area contributed by atoms with Gasteiger partial charge >= 0.3 is 5.97 Å². The molecule has 0 fully saturated rings. The van der Waals surface area contributed by atoms with Crippen LogP contribution in [0.1, 0.15) is 11.5 Å². The van der Waals surface area contributed by atoms with Crippen molar-refractivity contribution >= 4 is 12.0 Å². The number of rotatable bonds is 5. The highest BCUT2D eigenvalue weighted by Crippen LogP contribution is 2.16. The molecule has 0 radical (unpaired) electrons. The van der Waals surface area contributed by atoms with Crippen LogP contribution in [0.2, 0.25) is 0 Å². The predicted octanol–water partition coefficient (Wildman–Crippen LogP) is 2.73. The minimum absolute atomic E-state index is 0.00491. The number of carbonyl (C=O) groups is 1. The topological polar surface area (TPSA) is 98.3 Å². The second-order valence-corrected chi connectivity index (χ2v) is 4.94. The zero-order valence-corrected chi connectivity index (χ0v) is 12.8. The zero-order chi connectivity index (χ0) is 17.6. The van der Waals surface area contributed by atoms with Gasteiger partial charge in [-0.3, -0.25) is 4.98 Å². The van der Waals surface area contributed by atoms with E-state index in [0.717, 1.165) is 0 Å². The van der Waals surface area contributed by atoms with Crippen LogP contribution in [0.15, 0.2) is 53.3 Å². The van der Waals surface area contributed by atoms with Crippen LogP contribution >= 0.6 is 0 Å². The molecule has 0 aliphatic heterocycles. The van der Waals surface area contributed by atoms with Crippen molar-refractivity contribution in [1.82, 2.24) is 15.1 Å². The van der Waals surface area contributed by atoms with Crippen molar-refractivity contribution in [2.75, 3.05) is 0 Å². The molecule has 1 N–H and O–H groups in total. The van der Waals surface area contributed by atoms with Crippen LogP contribution in [0.4, 0.5) is 4.39 Å². The number of pyridine rings is 1. The van der Waals surface area contributed by atoms with Crippen LogP contribution in [0, 0.1) is 5.82 Å². The average molecular weight is 341 g/mol. The van der Waals surface area contributed by atoms with Crippen molar-refractivity contribution in [3.8, 4) is 17.1 Å². The van der Waals surface area contributed by atoms with Crippen molar-refractivity contribution in [1.29, 1.82) is 0 Å². The van der Waals surface area contributed by atoms with E-state index in [-0.39, 0.29) is 29.9 Å². The third-order valence-corrected chi connectivity index (χ3v) is 3.07. The monoisotopic (exact) mass is 341 g/mol. The summed E-state index contributed by atoms with van der Waals surface area (Å²) < 4.78 is 22.9. The lowest BCUT2D eigenvalue weighted by Gasteiger charge is -1.97. The Hall–Kier alpha value is -3.55. The van der Waals surface area contributed by atoms with Crippen molar-refractivity contribution in [2.45, 2.75) is 6.61 Å². The Labute approximate surface area is 141 Å². The number of hydrogen-bond acceptors (Lipinski definition) is 7. The number of hydrogen-bond donors (Lipinski definition) is 1. The highest BCUT2D eigenvalue weighted by molar-refractivity contribution is 5.87. The Morgan fingerprint density at radius 2 is 2.08 bits per heavy atom. The summed E-state index contributed by atoms with van der Waals surface area (Å²) in [5.41, 5.74) is 1.13. The molecule has 2 aromatic heterocycles. The summed E-state index contributed by atoms with van der Waals surface area (Å²) in [6, 6.07) is 7.05. The van der Waals surface area contributed by atoms with Gasteiger partial charge < -0.3 is 14.4 Å². The summed E-state index contributed by atoms with van der Waals surface area (Å²) in [7, 11) is 0. The lowest BCUT2D eigenvalue weighted by atomic mass is 10.2. The van der Waals surface area contributed by atoms with Crippen molar-refractivity contribution in [2.24, 2.45) is 0 Å². The SMILES string of the molecule is O=C(C=Cc1cncc(O)c1)OCc1nc(-c2ccc(F)cc2)no1. The maximum atomic E-state index is 12.9. The Morgan fingerprint density at radius 1 is 1.28 bits per heavy atom. The minimum atomic E-state index is -0.620. The minimum Gasteiger partial charge on any atom is -0.506 e. The van der Waals surface area contributed by atoms with E-state index >= 15 is 0 Å². The lowest BCUT2D eigenvalue weighted by molar-refractivity contribution is -0.139. The second kappa shape index (κ2) is 7.35. The van der Waals surface area contributed by atoms with Gasteiger partial charge in [-0.25, -0.2) is 9.18 Å². The fourth-order valence-electron chi connectivity index (χ4n) is 1.91. The fourth-order valence-corrected chi connectivity index (χ4v) is 1.91. The molecule has 126 valence electrons. The quantitative estimate of drug-likeness (QED) is 0.563. The number of ether oxygens (including phenoxy) is 1. The van der Waals surface area contributed by atoms with E-state index in [0.29, 0.717) is 11.1 Å². The Balaban J connectivity index is 1.56. The maximum absolute atomic E-state index is 12.9. The van der Waals surface area contributed by atoms with Gasteiger partial charge in [-0.2, -0.15) is 4.98 Å². The molecule has 0 unspecified atom stereocenters. The van der Waals surface area contributed by atoms with Gasteiger partial charge in [0.15, 0.2) is 6.61 Å². The number of carbonyl (C=O) groups excluding carboxylic acids is 1. The van der Waals surface area contributed by atoms with E-state index < -0.39 is 5.97 Å². The van der Waals surface area contributed by atoms with E-state index in [1.807, 2.05) is 0 Å². The molecule has 0 saturated heterocycles. The first kappa shape index (κ1) is 16.3. The zero-order valence-electron chi connectivity index (χ0n) is 12.8. The smallest absolute Gasteiger partial charge is 0.331 e. The van der Waals surface area contributed by atoms with Crippen LogP contribution < -0.4 is 0 Å². The van der Waals surface area contributed by atoms with Gasteiger partial charge in [0.2, 0.25) is 5.82 Å². The van der Waals surface area contributed by atoms with Gasteiger partial charge in [0.1, 0.15) is 11.6 Å². The van der Waals surface area contributed by atoms with E-state index in [2.05, 4.69) is 15.1 Å². The van der Waals surface area contributed by atoms with E-state index in [9.17, 15) is 14.3 Å². The number of benzene rings is 1. The van der Waals surface area contributed by atoms with Gasteiger partial charge in [0.25, 0.3) is 5.89 Å². The second-order valence-electron chi connectivity index (χ2n) is 4.94. The molecule has 0 spiro atoms. The van der Waals surface area contributed by atoms with Gasteiger partial charge in [-0.05, 0) is 42.0 Å². The molecule has 0 aliphatic carbocycles. The molecule has 2 heterocycles. The van der Waals surface area contributed by atoms with Crippen LogP contribution in [-0.2, 0) is 16.1 Å². The highest BCUT2D eigenvalue weighted by atomic mass is 19.1. The van der Waals surface area contributed by atoms with Crippen LogP contribution in [0.5, 0.6) is 5.75 Å². The molecule has 25 heavy (non-hydrogen) atoms. The molecule has 1 aromatic carbocycles. The summed E-state index contributed by atoms with van der Waals surface area (Å²) in [6.45, 7) is -0.199. The first-order valence-corrected chi connectivity index (χ1v) is 7.17. The fraction of sp³-hybridized carbons (Fsp3) is 0.0588. The van der Waals surface area contributed by atoms with Crippen molar-refractivity contribution in [3.05, 3.63) is 66.1 Å². The first-order chi connectivity index (χ1) is 12.1. The van der Waals surface area contributed by atoms with Crippen molar-refractivity contribution in [3.63, 3.8) is 0 Å². The van der Waals surface area contributed by atoms with Crippen LogP contribution in [-0.4, -0.2) is 26.2 Å². The summed E-state index contributed by atoms with van der Waals surface area (Å²) in [5.74, 6) is -0.609. The molecular formula is C17H12FN3O4. The number of esters is 1. The van der Waals surface area contributed by atoms with Gasteiger partial charge in [0.05, 0.1) is 6.20 Å². The molecular weight excluding hydrogens is 329 g/mol. The number of aromatic hydroxyl groups is 1. The standard InChI is InChI=1S/C17H12FN3O4/c18-13-4-2-12(3-5-13)17-20-15(25-21-17)10-24-16(23)6-1-11-7-14(22)9-19-8-11/h1-9,22H,10H2. The van der Waals surface area contributed by atoms with Crippen LogP contribution in [0.3, 0.4) is 0 Å². The average Bonchev–Trinajstić information content (AvgIpc) is 3.08. The Kier molecular flexibility index (Phi) is 4.79. The summed E-state index contributed by atoms with van der Waals surface area (Å²) in [5, 5.41) is 13.0. The molecule has 0 amide bonds. The molecule has 0 aliphatic rings. The van der Waals surface area contributed by atoms with Crippen molar-refractivity contribution < 1.29 is 23.6 Å².